The fourth-order valence-electron chi connectivity index (χ4n) is 2.91. The Balaban J connectivity index is 1.53. The zero-order valence-electron chi connectivity index (χ0n) is 16.3. The van der Waals surface area contributed by atoms with Gasteiger partial charge in [0.25, 0.3) is 5.91 Å². The van der Waals surface area contributed by atoms with E-state index in [4.69, 9.17) is 4.74 Å². The average Bonchev–Trinajstić information content (AvgIpc) is 2.69. The molecule has 5 nitrogen and oxygen atoms in total. The SMILES string of the molecule is Cc1cccc(OC(C)C(=O)NNC(=O)Cc2ccc3ccccc3c2)c1C. The summed E-state index contributed by atoms with van der Waals surface area (Å²) >= 11 is 0. The standard InChI is InChI=1S/C23H24N2O3/c1-15-7-6-10-21(16(15)2)28-17(3)23(27)25-24-22(26)14-18-11-12-19-8-4-5-9-20(19)13-18/h4-13,17H,14H2,1-3H3,(H,24,26)(H,25,27). The first kappa shape index (κ1) is 19.4. The van der Waals surface area contributed by atoms with Crippen molar-refractivity contribution >= 4 is 22.6 Å². The second-order valence-electron chi connectivity index (χ2n) is 6.85. The van der Waals surface area contributed by atoms with Crippen molar-refractivity contribution in [1.29, 1.82) is 0 Å². The summed E-state index contributed by atoms with van der Waals surface area (Å²) in [4.78, 5) is 24.4. The highest BCUT2D eigenvalue weighted by Gasteiger charge is 2.16. The van der Waals surface area contributed by atoms with E-state index in [2.05, 4.69) is 10.9 Å². The molecule has 0 aliphatic carbocycles. The topological polar surface area (TPSA) is 67.4 Å². The van der Waals surface area contributed by atoms with Crippen LogP contribution in [0.5, 0.6) is 5.75 Å². The summed E-state index contributed by atoms with van der Waals surface area (Å²) < 4.78 is 5.72. The maximum absolute atomic E-state index is 12.2. The van der Waals surface area contributed by atoms with Gasteiger partial charge in [0, 0.05) is 0 Å². The fourth-order valence-corrected chi connectivity index (χ4v) is 2.91. The van der Waals surface area contributed by atoms with Gasteiger partial charge >= 0.3 is 0 Å². The molecule has 1 atom stereocenters. The number of hydrazine groups is 1. The maximum Gasteiger partial charge on any atom is 0.279 e. The van der Waals surface area contributed by atoms with E-state index in [0.717, 1.165) is 27.5 Å². The second kappa shape index (κ2) is 8.57. The Morgan fingerprint density at radius 1 is 0.929 bits per heavy atom. The molecule has 2 amide bonds. The number of carbonyl (C=O) groups is 2. The van der Waals surface area contributed by atoms with Crippen molar-refractivity contribution in [2.45, 2.75) is 33.3 Å². The zero-order chi connectivity index (χ0) is 20.1. The lowest BCUT2D eigenvalue weighted by Gasteiger charge is -2.17. The van der Waals surface area contributed by atoms with Crippen LogP contribution >= 0.6 is 0 Å². The van der Waals surface area contributed by atoms with Crippen molar-refractivity contribution in [3.8, 4) is 5.75 Å². The molecule has 0 heterocycles. The van der Waals surface area contributed by atoms with Crippen LogP contribution in [0.1, 0.15) is 23.6 Å². The van der Waals surface area contributed by atoms with Gasteiger partial charge in [0.1, 0.15) is 5.75 Å². The maximum atomic E-state index is 12.2. The van der Waals surface area contributed by atoms with Crippen LogP contribution in [0.15, 0.2) is 60.7 Å². The Morgan fingerprint density at radius 3 is 2.46 bits per heavy atom. The Bertz CT molecular complexity index is 1010. The van der Waals surface area contributed by atoms with Gasteiger partial charge < -0.3 is 4.74 Å². The number of hydrogen-bond acceptors (Lipinski definition) is 3. The first-order valence-electron chi connectivity index (χ1n) is 9.23. The van der Waals surface area contributed by atoms with Crippen LogP contribution < -0.4 is 15.6 Å². The summed E-state index contributed by atoms with van der Waals surface area (Å²) in [7, 11) is 0. The molecule has 1 unspecified atom stereocenters. The van der Waals surface area contributed by atoms with E-state index < -0.39 is 12.0 Å². The molecule has 28 heavy (non-hydrogen) atoms. The molecule has 144 valence electrons. The van der Waals surface area contributed by atoms with Gasteiger partial charge in [-0.15, -0.1) is 0 Å². The van der Waals surface area contributed by atoms with E-state index in [1.807, 2.05) is 74.5 Å². The highest BCUT2D eigenvalue weighted by Crippen LogP contribution is 2.21. The van der Waals surface area contributed by atoms with Gasteiger partial charge in [0.2, 0.25) is 5.91 Å². The Hall–Kier alpha value is -3.34. The van der Waals surface area contributed by atoms with Gasteiger partial charge in [-0.1, -0.05) is 54.6 Å². The summed E-state index contributed by atoms with van der Waals surface area (Å²) in [6.07, 6.45) is -0.557. The van der Waals surface area contributed by atoms with Crippen LogP contribution in [-0.2, 0) is 16.0 Å². The third kappa shape index (κ3) is 4.68. The molecule has 5 heteroatoms. The van der Waals surface area contributed by atoms with E-state index in [9.17, 15) is 9.59 Å². The average molecular weight is 376 g/mol. The molecule has 0 aliphatic heterocycles. The van der Waals surface area contributed by atoms with Crippen molar-refractivity contribution in [1.82, 2.24) is 10.9 Å². The van der Waals surface area contributed by atoms with E-state index in [-0.39, 0.29) is 12.3 Å². The Kier molecular flexibility index (Phi) is 5.94. The lowest BCUT2D eigenvalue weighted by Crippen LogP contribution is -2.47. The predicted octanol–water partition coefficient (Wildman–Crippen LogP) is 3.61. The third-order valence-electron chi connectivity index (χ3n) is 4.73. The van der Waals surface area contributed by atoms with Crippen molar-refractivity contribution in [3.63, 3.8) is 0 Å². The number of benzene rings is 3. The number of fused-ring (bicyclic) bond motifs is 1. The molecule has 0 saturated heterocycles. The highest BCUT2D eigenvalue weighted by atomic mass is 16.5. The van der Waals surface area contributed by atoms with Gasteiger partial charge in [-0.25, -0.2) is 0 Å². The first-order valence-corrected chi connectivity index (χ1v) is 9.23. The third-order valence-corrected chi connectivity index (χ3v) is 4.73. The number of aryl methyl sites for hydroxylation is 1. The lowest BCUT2D eigenvalue weighted by atomic mass is 10.1. The molecule has 0 saturated carbocycles. The molecule has 0 fully saturated rings. The summed E-state index contributed by atoms with van der Waals surface area (Å²) in [6, 6.07) is 19.5. The van der Waals surface area contributed by atoms with Gasteiger partial charge in [0.05, 0.1) is 6.42 Å². The van der Waals surface area contributed by atoms with Crippen molar-refractivity contribution < 1.29 is 14.3 Å². The van der Waals surface area contributed by atoms with E-state index >= 15 is 0 Å². The van der Waals surface area contributed by atoms with E-state index in [0.29, 0.717) is 5.75 Å². The monoisotopic (exact) mass is 376 g/mol. The van der Waals surface area contributed by atoms with Crippen LogP contribution in [0, 0.1) is 13.8 Å². The normalized spacial score (nSPS) is 11.7. The van der Waals surface area contributed by atoms with Crippen LogP contribution in [-0.4, -0.2) is 17.9 Å². The smallest absolute Gasteiger partial charge is 0.279 e. The zero-order valence-corrected chi connectivity index (χ0v) is 16.3. The fraction of sp³-hybridized carbons (Fsp3) is 0.217. The first-order chi connectivity index (χ1) is 13.4. The Morgan fingerprint density at radius 2 is 1.68 bits per heavy atom. The molecule has 0 aromatic heterocycles. The summed E-state index contributed by atoms with van der Waals surface area (Å²) in [5.74, 6) is -0.0412. The van der Waals surface area contributed by atoms with Gasteiger partial charge in [0.15, 0.2) is 6.10 Å². The summed E-state index contributed by atoms with van der Waals surface area (Å²) in [5.41, 5.74) is 7.84. The number of hydrogen-bond donors (Lipinski definition) is 2. The predicted molar refractivity (Wildman–Crippen MR) is 110 cm³/mol. The molecule has 0 bridgehead atoms. The molecule has 2 N–H and O–H groups in total. The largest absolute Gasteiger partial charge is 0.481 e. The minimum atomic E-state index is -0.735. The van der Waals surface area contributed by atoms with E-state index in [1.165, 1.54) is 0 Å². The number of ether oxygens (including phenoxy) is 1. The van der Waals surface area contributed by atoms with Gasteiger partial charge in [-0.2, -0.15) is 0 Å². The molecule has 3 aromatic carbocycles. The molecule has 3 aromatic rings. The highest BCUT2D eigenvalue weighted by molar-refractivity contribution is 5.87. The number of amides is 2. The molecular weight excluding hydrogens is 352 g/mol. The summed E-state index contributed by atoms with van der Waals surface area (Å²) in [6.45, 7) is 5.58. The van der Waals surface area contributed by atoms with E-state index in [1.54, 1.807) is 6.92 Å². The van der Waals surface area contributed by atoms with Crippen LogP contribution in [0.2, 0.25) is 0 Å². The minimum absolute atomic E-state index is 0.178. The number of nitrogens with one attached hydrogen (secondary N) is 2. The summed E-state index contributed by atoms with van der Waals surface area (Å²) in [5, 5.41) is 2.20. The minimum Gasteiger partial charge on any atom is -0.481 e. The molecule has 0 spiro atoms. The lowest BCUT2D eigenvalue weighted by molar-refractivity contribution is -0.132. The van der Waals surface area contributed by atoms with Crippen LogP contribution in [0.4, 0.5) is 0 Å². The van der Waals surface area contributed by atoms with Crippen molar-refractivity contribution in [3.05, 3.63) is 77.4 Å². The van der Waals surface area contributed by atoms with Crippen molar-refractivity contribution in [2.24, 2.45) is 0 Å². The Labute approximate surface area is 164 Å². The van der Waals surface area contributed by atoms with Gasteiger partial charge in [-0.05, 0) is 54.3 Å². The second-order valence-corrected chi connectivity index (χ2v) is 6.85. The van der Waals surface area contributed by atoms with Gasteiger partial charge in [-0.3, -0.25) is 20.4 Å². The van der Waals surface area contributed by atoms with Crippen LogP contribution in [0.25, 0.3) is 10.8 Å². The molecule has 3 rings (SSSR count). The molecular formula is C23H24N2O3. The number of carbonyl (C=O) groups excluding carboxylic acids is 2. The van der Waals surface area contributed by atoms with Crippen molar-refractivity contribution in [2.75, 3.05) is 0 Å². The number of rotatable bonds is 5. The molecule has 0 radical (unpaired) electrons. The quantitative estimate of drug-likeness (QED) is 0.669. The molecule has 0 aliphatic rings. The van der Waals surface area contributed by atoms with Crippen LogP contribution in [0.3, 0.4) is 0 Å².